The standard InChI is InChI=1S/C15H19N3/c1-10-4-6-13(7-5-10)14-9-18-12(3)8-11(2)16-15(18)17-14/h4-7,9,11-12H,8H2,1-3H3,(H,16,17). The molecule has 0 spiro atoms. The highest BCUT2D eigenvalue weighted by molar-refractivity contribution is 5.61. The predicted molar refractivity (Wildman–Crippen MR) is 74.8 cm³/mol. The van der Waals surface area contributed by atoms with Gasteiger partial charge in [0, 0.05) is 23.8 Å². The zero-order chi connectivity index (χ0) is 12.7. The summed E-state index contributed by atoms with van der Waals surface area (Å²) < 4.78 is 2.25. The van der Waals surface area contributed by atoms with Crippen molar-refractivity contribution in [2.75, 3.05) is 5.32 Å². The van der Waals surface area contributed by atoms with Crippen molar-refractivity contribution in [1.82, 2.24) is 9.55 Å². The number of aromatic nitrogens is 2. The Hall–Kier alpha value is -1.77. The van der Waals surface area contributed by atoms with Gasteiger partial charge in [0.15, 0.2) is 0 Å². The summed E-state index contributed by atoms with van der Waals surface area (Å²) in [5.74, 6) is 0.997. The van der Waals surface area contributed by atoms with E-state index >= 15 is 0 Å². The Morgan fingerprint density at radius 2 is 1.94 bits per heavy atom. The van der Waals surface area contributed by atoms with Crippen LogP contribution in [0.2, 0.25) is 0 Å². The van der Waals surface area contributed by atoms with E-state index in [1.807, 2.05) is 0 Å². The Labute approximate surface area is 108 Å². The van der Waals surface area contributed by atoms with Gasteiger partial charge in [-0.05, 0) is 27.2 Å². The molecule has 3 nitrogen and oxygen atoms in total. The molecule has 3 heteroatoms. The van der Waals surface area contributed by atoms with Crippen molar-refractivity contribution in [3.8, 4) is 11.3 Å². The summed E-state index contributed by atoms with van der Waals surface area (Å²) in [6.45, 7) is 6.56. The molecule has 94 valence electrons. The number of aryl methyl sites for hydroxylation is 1. The fourth-order valence-electron chi connectivity index (χ4n) is 2.60. The van der Waals surface area contributed by atoms with Crippen LogP contribution in [0.1, 0.15) is 31.9 Å². The Morgan fingerprint density at radius 1 is 1.22 bits per heavy atom. The maximum Gasteiger partial charge on any atom is 0.203 e. The van der Waals surface area contributed by atoms with E-state index < -0.39 is 0 Å². The normalized spacial score (nSPS) is 22.4. The Bertz CT molecular complexity index is 554. The number of benzene rings is 1. The maximum atomic E-state index is 4.70. The first-order valence-electron chi connectivity index (χ1n) is 6.56. The summed E-state index contributed by atoms with van der Waals surface area (Å²) in [4.78, 5) is 4.70. The van der Waals surface area contributed by atoms with E-state index in [-0.39, 0.29) is 0 Å². The second kappa shape index (κ2) is 4.16. The van der Waals surface area contributed by atoms with Crippen molar-refractivity contribution >= 4 is 5.95 Å². The van der Waals surface area contributed by atoms with Crippen LogP contribution in [0, 0.1) is 6.92 Å². The van der Waals surface area contributed by atoms with Gasteiger partial charge in [-0.25, -0.2) is 4.98 Å². The lowest BCUT2D eigenvalue weighted by Gasteiger charge is -2.27. The number of anilines is 1. The predicted octanol–water partition coefficient (Wildman–Crippen LogP) is 3.62. The molecule has 0 radical (unpaired) electrons. The van der Waals surface area contributed by atoms with E-state index in [1.165, 1.54) is 11.1 Å². The van der Waals surface area contributed by atoms with Crippen molar-refractivity contribution in [2.24, 2.45) is 0 Å². The van der Waals surface area contributed by atoms with Gasteiger partial charge < -0.3 is 9.88 Å². The zero-order valence-corrected chi connectivity index (χ0v) is 11.1. The molecule has 2 heterocycles. The van der Waals surface area contributed by atoms with Crippen LogP contribution in [0.3, 0.4) is 0 Å². The summed E-state index contributed by atoms with van der Waals surface area (Å²) in [7, 11) is 0. The Morgan fingerprint density at radius 3 is 2.67 bits per heavy atom. The van der Waals surface area contributed by atoms with Crippen molar-refractivity contribution in [2.45, 2.75) is 39.3 Å². The average Bonchev–Trinajstić information content (AvgIpc) is 2.74. The maximum absolute atomic E-state index is 4.70. The van der Waals surface area contributed by atoms with Crippen molar-refractivity contribution in [3.05, 3.63) is 36.0 Å². The minimum Gasteiger partial charge on any atom is -0.353 e. The molecular formula is C15H19N3. The number of fused-ring (bicyclic) bond motifs is 1. The lowest BCUT2D eigenvalue weighted by Crippen LogP contribution is -2.28. The molecule has 2 aromatic rings. The highest BCUT2D eigenvalue weighted by Gasteiger charge is 2.22. The minimum absolute atomic E-state index is 0.501. The zero-order valence-electron chi connectivity index (χ0n) is 11.1. The molecule has 0 bridgehead atoms. The molecule has 1 aromatic carbocycles. The molecule has 0 fully saturated rings. The first-order chi connectivity index (χ1) is 8.63. The van der Waals surface area contributed by atoms with Gasteiger partial charge in [0.1, 0.15) is 0 Å². The van der Waals surface area contributed by atoms with E-state index in [2.05, 4.69) is 61.1 Å². The van der Waals surface area contributed by atoms with Gasteiger partial charge in [0.25, 0.3) is 0 Å². The second-order valence-electron chi connectivity index (χ2n) is 5.35. The fraction of sp³-hybridized carbons (Fsp3) is 0.400. The van der Waals surface area contributed by atoms with Gasteiger partial charge >= 0.3 is 0 Å². The molecule has 2 unspecified atom stereocenters. The fourth-order valence-corrected chi connectivity index (χ4v) is 2.60. The SMILES string of the molecule is Cc1ccc(-c2cn3c(n2)NC(C)CC3C)cc1. The molecule has 0 saturated heterocycles. The van der Waals surface area contributed by atoms with Crippen molar-refractivity contribution < 1.29 is 0 Å². The molecule has 1 aliphatic rings. The molecule has 0 amide bonds. The molecule has 0 saturated carbocycles. The third-order valence-corrected chi connectivity index (χ3v) is 3.62. The van der Waals surface area contributed by atoms with Crippen LogP contribution in [0.4, 0.5) is 5.95 Å². The van der Waals surface area contributed by atoms with E-state index in [1.54, 1.807) is 0 Å². The molecule has 3 rings (SSSR count). The van der Waals surface area contributed by atoms with Crippen molar-refractivity contribution in [3.63, 3.8) is 0 Å². The Kier molecular flexibility index (Phi) is 2.62. The molecule has 1 aromatic heterocycles. The van der Waals surface area contributed by atoms with Crippen LogP contribution in [0.15, 0.2) is 30.5 Å². The minimum atomic E-state index is 0.501. The number of nitrogens with zero attached hydrogens (tertiary/aromatic N) is 2. The van der Waals surface area contributed by atoms with Gasteiger partial charge in [-0.3, -0.25) is 0 Å². The third kappa shape index (κ3) is 1.90. The summed E-state index contributed by atoms with van der Waals surface area (Å²) in [6.07, 6.45) is 3.31. The largest absolute Gasteiger partial charge is 0.353 e. The van der Waals surface area contributed by atoms with Gasteiger partial charge in [-0.1, -0.05) is 29.8 Å². The van der Waals surface area contributed by atoms with Crippen LogP contribution < -0.4 is 5.32 Å². The van der Waals surface area contributed by atoms with Gasteiger partial charge in [-0.2, -0.15) is 0 Å². The van der Waals surface area contributed by atoms with Crippen LogP contribution in [-0.4, -0.2) is 15.6 Å². The lowest BCUT2D eigenvalue weighted by atomic mass is 10.1. The summed E-state index contributed by atoms with van der Waals surface area (Å²) in [5, 5.41) is 3.44. The topological polar surface area (TPSA) is 29.9 Å². The highest BCUT2D eigenvalue weighted by atomic mass is 15.2. The second-order valence-corrected chi connectivity index (χ2v) is 5.35. The highest BCUT2D eigenvalue weighted by Crippen LogP contribution is 2.30. The number of nitrogens with one attached hydrogen (secondary N) is 1. The summed E-state index contributed by atoms with van der Waals surface area (Å²) in [6, 6.07) is 9.55. The van der Waals surface area contributed by atoms with Gasteiger partial charge in [0.2, 0.25) is 5.95 Å². The smallest absolute Gasteiger partial charge is 0.203 e. The number of hydrogen-bond acceptors (Lipinski definition) is 2. The molecule has 18 heavy (non-hydrogen) atoms. The molecule has 2 atom stereocenters. The van der Waals surface area contributed by atoms with Gasteiger partial charge in [0.05, 0.1) is 5.69 Å². The first kappa shape index (κ1) is 11.3. The Balaban J connectivity index is 2.00. The molecule has 1 N–H and O–H groups in total. The van der Waals surface area contributed by atoms with Crippen LogP contribution in [0.25, 0.3) is 11.3 Å². The van der Waals surface area contributed by atoms with Crippen LogP contribution in [0.5, 0.6) is 0 Å². The quantitative estimate of drug-likeness (QED) is 0.826. The van der Waals surface area contributed by atoms with E-state index in [0.29, 0.717) is 12.1 Å². The van der Waals surface area contributed by atoms with E-state index in [4.69, 9.17) is 4.98 Å². The number of rotatable bonds is 1. The summed E-state index contributed by atoms with van der Waals surface area (Å²) >= 11 is 0. The lowest BCUT2D eigenvalue weighted by molar-refractivity contribution is 0.449. The average molecular weight is 241 g/mol. The number of imidazole rings is 1. The van der Waals surface area contributed by atoms with Crippen LogP contribution in [-0.2, 0) is 0 Å². The van der Waals surface area contributed by atoms with E-state index in [0.717, 1.165) is 18.1 Å². The number of hydrogen-bond donors (Lipinski definition) is 1. The van der Waals surface area contributed by atoms with Gasteiger partial charge in [-0.15, -0.1) is 0 Å². The first-order valence-corrected chi connectivity index (χ1v) is 6.56. The van der Waals surface area contributed by atoms with Crippen molar-refractivity contribution in [1.29, 1.82) is 0 Å². The molecule has 1 aliphatic heterocycles. The summed E-state index contributed by atoms with van der Waals surface area (Å²) in [5.41, 5.74) is 3.52. The molecule has 0 aliphatic carbocycles. The van der Waals surface area contributed by atoms with Crippen LogP contribution >= 0.6 is 0 Å². The third-order valence-electron chi connectivity index (χ3n) is 3.62. The van der Waals surface area contributed by atoms with E-state index in [9.17, 15) is 0 Å². The monoisotopic (exact) mass is 241 g/mol. The molecular weight excluding hydrogens is 222 g/mol.